The number of nitrogens with zero attached hydrogens (tertiary/aromatic N) is 5. The molecule has 0 bridgehead atoms. The number of sulfonamides is 1. The molecule has 0 saturated carbocycles. The summed E-state index contributed by atoms with van der Waals surface area (Å²) < 4.78 is 38.7. The van der Waals surface area contributed by atoms with E-state index in [4.69, 9.17) is 20.6 Å². The van der Waals surface area contributed by atoms with E-state index in [1.54, 1.807) is 25.4 Å². The second-order valence-electron chi connectivity index (χ2n) is 8.40. The van der Waals surface area contributed by atoms with E-state index in [0.717, 1.165) is 16.3 Å². The fourth-order valence-corrected chi connectivity index (χ4v) is 5.92. The lowest BCUT2D eigenvalue weighted by atomic mass is 10.1. The number of thiazole rings is 1. The van der Waals surface area contributed by atoms with Crippen molar-refractivity contribution in [1.82, 2.24) is 19.2 Å². The molecule has 0 unspecified atom stereocenters. The predicted molar refractivity (Wildman–Crippen MR) is 140 cm³/mol. The van der Waals surface area contributed by atoms with Gasteiger partial charge in [-0.25, -0.2) is 18.2 Å². The quantitative estimate of drug-likeness (QED) is 0.283. The van der Waals surface area contributed by atoms with Crippen LogP contribution in [0.25, 0.3) is 0 Å². The van der Waals surface area contributed by atoms with Crippen molar-refractivity contribution in [3.63, 3.8) is 0 Å². The van der Waals surface area contributed by atoms with Crippen molar-refractivity contribution in [3.8, 4) is 11.5 Å². The van der Waals surface area contributed by atoms with E-state index in [1.807, 2.05) is 6.92 Å². The van der Waals surface area contributed by atoms with Gasteiger partial charge in [0.05, 0.1) is 20.0 Å². The summed E-state index contributed by atoms with van der Waals surface area (Å²) >= 11 is 1.01. The van der Waals surface area contributed by atoms with Crippen LogP contribution in [0.4, 0.5) is 10.5 Å². The number of carbonyl (C=O) groups excluding carboxylic acids is 2. The van der Waals surface area contributed by atoms with Crippen LogP contribution < -0.4 is 20.2 Å². The fourth-order valence-electron chi connectivity index (χ4n) is 3.90. The van der Waals surface area contributed by atoms with Gasteiger partial charge in [-0.3, -0.25) is 10.2 Å². The first-order valence-electron chi connectivity index (χ1n) is 11.3. The zero-order valence-electron chi connectivity index (χ0n) is 21.3. The van der Waals surface area contributed by atoms with E-state index in [2.05, 4.69) is 4.98 Å². The number of hydrogen-bond donors (Lipinski definition) is 2. The maximum Gasteiger partial charge on any atom is 0.320 e. The molecule has 3 amide bonds. The molecule has 1 aliphatic heterocycles. The van der Waals surface area contributed by atoms with Gasteiger partial charge in [-0.2, -0.15) is 5.01 Å². The molecule has 2 aromatic rings. The average Bonchev–Trinajstić information content (AvgIpc) is 3.29. The van der Waals surface area contributed by atoms with Crippen LogP contribution in [0, 0.1) is 12.3 Å². The van der Waals surface area contributed by atoms with E-state index in [0.29, 0.717) is 23.1 Å². The van der Waals surface area contributed by atoms with Crippen molar-refractivity contribution < 1.29 is 27.5 Å². The number of methoxy groups -OCH3 is 2. The molecular formula is C22H31N7O6S2. The second kappa shape index (κ2) is 11.2. The molecule has 0 radical (unpaired) electrons. The summed E-state index contributed by atoms with van der Waals surface area (Å²) in [5, 5.41) is 10.5. The summed E-state index contributed by atoms with van der Waals surface area (Å²) in [6.07, 6.45) is 0.672. The van der Waals surface area contributed by atoms with Gasteiger partial charge >= 0.3 is 11.9 Å². The normalized spacial score (nSPS) is 15.9. The number of aryl methyl sites for hydroxylation is 1. The molecule has 1 aromatic heterocycles. The van der Waals surface area contributed by atoms with Gasteiger partial charge in [-0.1, -0.05) is 6.07 Å². The number of para-hydroxylation sites is 1. The van der Waals surface area contributed by atoms with Crippen molar-refractivity contribution in [2.45, 2.75) is 26.3 Å². The molecule has 1 atom stereocenters. The van der Waals surface area contributed by atoms with Gasteiger partial charge < -0.3 is 25.0 Å². The smallest absolute Gasteiger partial charge is 0.320 e. The fraction of sp³-hybridized carbons (Fsp3) is 0.455. The number of nitrogens with one attached hydrogen (secondary N) is 1. The number of guanidine groups is 1. The first kappa shape index (κ1) is 28.0. The third-order valence-corrected chi connectivity index (χ3v) is 8.37. The van der Waals surface area contributed by atoms with Crippen molar-refractivity contribution in [2.24, 2.45) is 5.73 Å². The van der Waals surface area contributed by atoms with Crippen LogP contribution in [0.1, 0.15) is 28.8 Å². The van der Waals surface area contributed by atoms with Crippen molar-refractivity contribution >= 4 is 44.9 Å². The van der Waals surface area contributed by atoms with E-state index in [-0.39, 0.29) is 40.8 Å². The Morgan fingerprint density at radius 2 is 1.92 bits per heavy atom. The summed E-state index contributed by atoms with van der Waals surface area (Å²) in [6.45, 7) is 3.92. The minimum atomic E-state index is -4.49. The molecule has 13 nitrogen and oxygen atoms in total. The Morgan fingerprint density at radius 1 is 1.30 bits per heavy atom. The van der Waals surface area contributed by atoms with Gasteiger partial charge in [0.15, 0.2) is 10.7 Å². The van der Waals surface area contributed by atoms with Crippen molar-refractivity contribution in [3.05, 3.63) is 34.3 Å². The number of benzene rings is 1. The summed E-state index contributed by atoms with van der Waals surface area (Å²) in [7, 11) is -0.150. The van der Waals surface area contributed by atoms with E-state index >= 15 is 0 Å². The number of urea groups is 1. The topological polar surface area (TPSA) is 162 Å². The first-order chi connectivity index (χ1) is 17.4. The lowest BCUT2D eigenvalue weighted by Gasteiger charge is -2.39. The Labute approximate surface area is 219 Å². The highest BCUT2D eigenvalue weighted by molar-refractivity contribution is 7.89. The zero-order valence-corrected chi connectivity index (χ0v) is 22.9. The van der Waals surface area contributed by atoms with Gasteiger partial charge in [-0.05, 0) is 32.4 Å². The number of nitrogens with two attached hydrogens (primary N) is 1. The monoisotopic (exact) mass is 553 g/mol. The number of hydrazine groups is 1. The maximum atomic E-state index is 13.8. The Kier molecular flexibility index (Phi) is 8.48. The van der Waals surface area contributed by atoms with Crippen LogP contribution in [-0.4, -0.2) is 91.7 Å². The molecule has 1 fully saturated rings. The van der Waals surface area contributed by atoms with Gasteiger partial charge in [0, 0.05) is 37.3 Å². The molecule has 0 aliphatic carbocycles. The SMILES string of the molecule is COc1cccc(OC)c1N(C(=O)c1nc(C)cs1)N(C(=N)N)S(=O)(=O)CCN1C(=O)N(C)CC[C@@H]1C. The van der Waals surface area contributed by atoms with E-state index in [1.165, 1.54) is 36.2 Å². The van der Waals surface area contributed by atoms with E-state index in [9.17, 15) is 18.0 Å². The third kappa shape index (κ3) is 5.72. The number of aromatic nitrogens is 1. The largest absolute Gasteiger partial charge is 0.494 e. The molecule has 3 rings (SSSR count). The Balaban J connectivity index is 2.11. The van der Waals surface area contributed by atoms with Gasteiger partial charge in [0.2, 0.25) is 5.96 Å². The minimum absolute atomic E-state index is 0.0339. The van der Waals surface area contributed by atoms with Crippen LogP contribution in [0.2, 0.25) is 0 Å². The molecule has 1 aromatic carbocycles. The van der Waals surface area contributed by atoms with Crippen LogP contribution in [0.3, 0.4) is 0 Å². The number of rotatable bonds is 8. The van der Waals surface area contributed by atoms with Crippen LogP contribution in [0.15, 0.2) is 23.6 Å². The molecule has 3 N–H and O–H groups in total. The maximum absolute atomic E-state index is 13.8. The standard InChI is InChI=1S/C22H31N7O6S2/c1-14-13-36-19(25-14)20(30)28(18-16(34-4)7-6-8-17(18)35-5)29(21(23)24)37(32,33)12-11-27-15(2)9-10-26(3)22(27)31/h6-8,13,15H,9-12H2,1-5H3,(H3,23,24)/t15-/m0/s1. The highest BCUT2D eigenvalue weighted by atomic mass is 32.2. The van der Waals surface area contributed by atoms with Gasteiger partial charge in [0.25, 0.3) is 10.0 Å². The molecule has 15 heteroatoms. The van der Waals surface area contributed by atoms with Gasteiger partial charge in [-0.15, -0.1) is 15.8 Å². The molecule has 1 aliphatic rings. The summed E-state index contributed by atoms with van der Waals surface area (Å²) in [5.74, 6) is -2.20. The number of amides is 3. The number of carbonyl (C=O) groups is 2. The average molecular weight is 554 g/mol. The van der Waals surface area contributed by atoms with Crippen LogP contribution >= 0.6 is 11.3 Å². The summed E-state index contributed by atoms with van der Waals surface area (Å²) in [5.41, 5.74) is 6.28. The second-order valence-corrected chi connectivity index (χ2v) is 11.2. The molecule has 1 saturated heterocycles. The lowest BCUT2D eigenvalue weighted by molar-refractivity contribution is 0.0956. The Hall–Kier alpha value is -3.59. The Morgan fingerprint density at radius 3 is 2.43 bits per heavy atom. The third-order valence-electron chi connectivity index (χ3n) is 5.84. The molecule has 2 heterocycles. The first-order valence-corrected chi connectivity index (χ1v) is 13.8. The van der Waals surface area contributed by atoms with Crippen molar-refractivity contribution in [2.75, 3.05) is 45.1 Å². The molecular weight excluding hydrogens is 522 g/mol. The molecule has 37 heavy (non-hydrogen) atoms. The summed E-state index contributed by atoms with van der Waals surface area (Å²) in [4.78, 5) is 33.6. The number of anilines is 1. The Bertz CT molecular complexity index is 1260. The van der Waals surface area contributed by atoms with Crippen molar-refractivity contribution in [1.29, 1.82) is 5.41 Å². The van der Waals surface area contributed by atoms with E-state index < -0.39 is 27.6 Å². The highest BCUT2D eigenvalue weighted by Crippen LogP contribution is 2.40. The molecule has 202 valence electrons. The summed E-state index contributed by atoms with van der Waals surface area (Å²) in [6, 6.07) is 4.14. The zero-order chi connectivity index (χ0) is 27.5. The minimum Gasteiger partial charge on any atom is -0.494 e. The van der Waals surface area contributed by atoms with Gasteiger partial charge in [0.1, 0.15) is 11.5 Å². The van der Waals surface area contributed by atoms with Crippen LogP contribution in [-0.2, 0) is 10.0 Å². The predicted octanol–water partition coefficient (Wildman–Crippen LogP) is 1.70. The number of ether oxygens (including phenoxy) is 2. The molecule has 0 spiro atoms. The lowest BCUT2D eigenvalue weighted by Crippen LogP contribution is -2.58. The number of hydrogen-bond acceptors (Lipinski definition) is 9. The highest BCUT2D eigenvalue weighted by Gasteiger charge is 2.40. The van der Waals surface area contributed by atoms with Crippen LogP contribution in [0.5, 0.6) is 11.5 Å².